The highest BCUT2D eigenvalue weighted by Gasteiger charge is 2.07. The van der Waals surface area contributed by atoms with Crippen LogP contribution in [0.1, 0.15) is 10.4 Å². The molecule has 1 heterocycles. The molecule has 0 unspecified atom stereocenters. The van der Waals surface area contributed by atoms with Crippen molar-refractivity contribution in [2.45, 2.75) is 0 Å². The third-order valence-electron chi connectivity index (χ3n) is 3.06. The fourth-order valence-electron chi connectivity index (χ4n) is 1.83. The van der Waals surface area contributed by atoms with E-state index in [1.165, 1.54) is 6.20 Å². The van der Waals surface area contributed by atoms with Crippen LogP contribution < -0.4 is 10.6 Å². The van der Waals surface area contributed by atoms with Crippen LogP contribution in [0.25, 0.3) is 0 Å². The third-order valence-corrected chi connectivity index (χ3v) is 3.63. The Morgan fingerprint density at radius 1 is 1.22 bits per heavy atom. The quantitative estimate of drug-likeness (QED) is 0.836. The Balaban J connectivity index is 1.99. The number of amides is 1. The molecule has 2 rings (SSSR count). The van der Waals surface area contributed by atoms with Gasteiger partial charge < -0.3 is 15.5 Å². The maximum Gasteiger partial charge on any atom is 0.252 e. The van der Waals surface area contributed by atoms with E-state index in [0.29, 0.717) is 33.7 Å². The first-order valence-corrected chi connectivity index (χ1v) is 7.82. The number of benzene rings is 1. The number of hydrogen-bond donors (Lipinski definition) is 2. The second kappa shape index (κ2) is 8.15. The average Bonchev–Trinajstić information content (AvgIpc) is 2.51. The standard InChI is InChI=1S/C16H18Cl2N4O/c1-22(2)8-7-19-16(23)11-3-6-15(20-10-11)21-14-9-12(17)4-5-13(14)18/h3-6,9-10H,7-8H2,1-2H3,(H,19,23)(H,20,21). The number of hydrogen-bond acceptors (Lipinski definition) is 4. The lowest BCUT2D eigenvalue weighted by Gasteiger charge is -2.11. The fourth-order valence-corrected chi connectivity index (χ4v) is 2.17. The van der Waals surface area contributed by atoms with Gasteiger partial charge in [-0.15, -0.1) is 0 Å². The molecule has 2 N–H and O–H groups in total. The van der Waals surface area contributed by atoms with E-state index in [0.717, 1.165) is 6.54 Å². The molecule has 5 nitrogen and oxygen atoms in total. The summed E-state index contributed by atoms with van der Waals surface area (Å²) in [5, 5.41) is 7.03. The molecule has 0 aliphatic carbocycles. The minimum atomic E-state index is -0.147. The summed E-state index contributed by atoms with van der Waals surface area (Å²) >= 11 is 12.0. The molecule has 23 heavy (non-hydrogen) atoms. The van der Waals surface area contributed by atoms with Crippen molar-refractivity contribution < 1.29 is 4.79 Å². The van der Waals surface area contributed by atoms with Crippen molar-refractivity contribution in [1.82, 2.24) is 15.2 Å². The average molecular weight is 353 g/mol. The van der Waals surface area contributed by atoms with Crippen molar-refractivity contribution in [3.8, 4) is 0 Å². The summed E-state index contributed by atoms with van der Waals surface area (Å²) in [4.78, 5) is 18.2. The molecule has 0 aliphatic heterocycles. The predicted molar refractivity (Wildman–Crippen MR) is 94.9 cm³/mol. The van der Waals surface area contributed by atoms with Gasteiger partial charge in [-0.25, -0.2) is 4.98 Å². The van der Waals surface area contributed by atoms with Gasteiger partial charge in [0.15, 0.2) is 0 Å². The SMILES string of the molecule is CN(C)CCNC(=O)c1ccc(Nc2cc(Cl)ccc2Cl)nc1. The van der Waals surface area contributed by atoms with E-state index in [9.17, 15) is 4.79 Å². The first-order valence-electron chi connectivity index (χ1n) is 7.07. The van der Waals surface area contributed by atoms with E-state index in [1.807, 2.05) is 19.0 Å². The van der Waals surface area contributed by atoms with Gasteiger partial charge >= 0.3 is 0 Å². The van der Waals surface area contributed by atoms with Gasteiger partial charge in [-0.05, 0) is 44.4 Å². The molecule has 2 aromatic rings. The second-order valence-electron chi connectivity index (χ2n) is 5.24. The molecular weight excluding hydrogens is 335 g/mol. The summed E-state index contributed by atoms with van der Waals surface area (Å²) in [6.07, 6.45) is 1.52. The summed E-state index contributed by atoms with van der Waals surface area (Å²) in [6.45, 7) is 1.37. The highest BCUT2D eigenvalue weighted by atomic mass is 35.5. The van der Waals surface area contributed by atoms with Crippen LogP contribution in [0.3, 0.4) is 0 Å². The van der Waals surface area contributed by atoms with Crippen molar-refractivity contribution in [2.75, 3.05) is 32.5 Å². The number of aromatic nitrogens is 1. The van der Waals surface area contributed by atoms with Gasteiger partial charge in [-0.2, -0.15) is 0 Å². The van der Waals surface area contributed by atoms with Crippen molar-refractivity contribution in [2.24, 2.45) is 0 Å². The fraction of sp³-hybridized carbons (Fsp3) is 0.250. The van der Waals surface area contributed by atoms with Gasteiger partial charge in [0.25, 0.3) is 5.91 Å². The topological polar surface area (TPSA) is 57.3 Å². The van der Waals surface area contributed by atoms with E-state index >= 15 is 0 Å². The highest BCUT2D eigenvalue weighted by molar-refractivity contribution is 6.35. The minimum absolute atomic E-state index is 0.147. The largest absolute Gasteiger partial charge is 0.351 e. The number of halogens is 2. The summed E-state index contributed by atoms with van der Waals surface area (Å²) in [5.74, 6) is 0.436. The summed E-state index contributed by atoms with van der Waals surface area (Å²) in [6, 6.07) is 8.56. The Labute approximate surface area is 145 Å². The van der Waals surface area contributed by atoms with E-state index < -0.39 is 0 Å². The van der Waals surface area contributed by atoms with E-state index in [1.54, 1.807) is 30.3 Å². The van der Waals surface area contributed by atoms with Crippen LogP contribution >= 0.6 is 23.2 Å². The first kappa shape index (κ1) is 17.5. The normalized spacial score (nSPS) is 10.7. The first-order chi connectivity index (χ1) is 11.0. The van der Waals surface area contributed by atoms with Gasteiger partial charge in [-0.1, -0.05) is 23.2 Å². The number of nitrogens with zero attached hydrogens (tertiary/aromatic N) is 2. The lowest BCUT2D eigenvalue weighted by molar-refractivity contribution is 0.0950. The molecule has 1 amide bonds. The van der Waals surface area contributed by atoms with Gasteiger partial charge in [-0.3, -0.25) is 4.79 Å². The Kier molecular flexibility index (Phi) is 6.21. The van der Waals surface area contributed by atoms with E-state index in [-0.39, 0.29) is 5.91 Å². The molecule has 0 atom stereocenters. The number of carbonyl (C=O) groups is 1. The number of pyridine rings is 1. The Hall–Kier alpha value is -1.82. The molecule has 1 aromatic carbocycles. The molecule has 122 valence electrons. The number of rotatable bonds is 6. The number of likely N-dealkylation sites (N-methyl/N-ethyl adjacent to an activating group) is 1. The maximum atomic E-state index is 12.0. The van der Waals surface area contributed by atoms with Crippen molar-refractivity contribution in [3.05, 3.63) is 52.1 Å². The lowest BCUT2D eigenvalue weighted by Crippen LogP contribution is -2.31. The zero-order valence-electron chi connectivity index (χ0n) is 12.9. The molecule has 0 fully saturated rings. The molecule has 0 aliphatic rings. The predicted octanol–water partition coefficient (Wildman–Crippen LogP) is 3.42. The molecule has 0 radical (unpaired) electrons. The number of carbonyl (C=O) groups excluding carboxylic acids is 1. The Morgan fingerprint density at radius 2 is 2.00 bits per heavy atom. The maximum absolute atomic E-state index is 12.0. The Bertz CT molecular complexity index is 674. The van der Waals surface area contributed by atoms with Crippen molar-refractivity contribution in [3.63, 3.8) is 0 Å². The summed E-state index contributed by atoms with van der Waals surface area (Å²) in [7, 11) is 3.91. The minimum Gasteiger partial charge on any atom is -0.351 e. The van der Waals surface area contributed by atoms with E-state index in [2.05, 4.69) is 15.6 Å². The molecule has 0 spiro atoms. The van der Waals surface area contributed by atoms with Crippen LogP contribution in [0.2, 0.25) is 10.0 Å². The molecular formula is C16H18Cl2N4O. The van der Waals surface area contributed by atoms with Gasteiger partial charge in [0.05, 0.1) is 16.3 Å². The van der Waals surface area contributed by atoms with Crippen molar-refractivity contribution in [1.29, 1.82) is 0 Å². The lowest BCUT2D eigenvalue weighted by atomic mass is 10.2. The van der Waals surface area contributed by atoms with Crippen LogP contribution in [-0.2, 0) is 0 Å². The van der Waals surface area contributed by atoms with Crippen LogP contribution in [0.5, 0.6) is 0 Å². The summed E-state index contributed by atoms with van der Waals surface area (Å²) in [5.41, 5.74) is 1.17. The van der Waals surface area contributed by atoms with Crippen LogP contribution in [0, 0.1) is 0 Å². The molecule has 0 saturated carbocycles. The summed E-state index contributed by atoms with van der Waals surface area (Å²) < 4.78 is 0. The van der Waals surface area contributed by atoms with Crippen molar-refractivity contribution >= 4 is 40.6 Å². The van der Waals surface area contributed by atoms with Gasteiger partial charge in [0, 0.05) is 24.3 Å². The van der Waals surface area contributed by atoms with Crippen LogP contribution in [-0.4, -0.2) is 43.0 Å². The van der Waals surface area contributed by atoms with Crippen LogP contribution in [0.15, 0.2) is 36.5 Å². The monoisotopic (exact) mass is 352 g/mol. The van der Waals surface area contributed by atoms with E-state index in [4.69, 9.17) is 23.2 Å². The molecule has 0 saturated heterocycles. The molecule has 7 heteroatoms. The zero-order valence-corrected chi connectivity index (χ0v) is 14.4. The molecule has 1 aromatic heterocycles. The van der Waals surface area contributed by atoms with Gasteiger partial charge in [0.1, 0.15) is 5.82 Å². The zero-order chi connectivity index (χ0) is 16.8. The second-order valence-corrected chi connectivity index (χ2v) is 6.08. The number of anilines is 2. The smallest absolute Gasteiger partial charge is 0.252 e. The van der Waals surface area contributed by atoms with Gasteiger partial charge in [0.2, 0.25) is 0 Å². The number of nitrogens with one attached hydrogen (secondary N) is 2. The molecule has 0 bridgehead atoms. The third kappa shape index (κ3) is 5.39. The highest BCUT2D eigenvalue weighted by Crippen LogP contribution is 2.27. The van der Waals surface area contributed by atoms with Crippen LogP contribution in [0.4, 0.5) is 11.5 Å². The Morgan fingerprint density at radius 3 is 2.65 bits per heavy atom.